The molecule has 1 aliphatic heterocycles. The van der Waals surface area contributed by atoms with Gasteiger partial charge in [-0.1, -0.05) is 60.7 Å². The van der Waals surface area contributed by atoms with Gasteiger partial charge in [0.25, 0.3) is 0 Å². The number of ether oxygens (including phenoxy) is 2. The third kappa shape index (κ3) is 5.18. The highest BCUT2D eigenvalue weighted by atomic mass is 16.7. The minimum atomic E-state index is -0.744. The fourth-order valence-corrected chi connectivity index (χ4v) is 3.30. The molecule has 6 nitrogen and oxygen atoms in total. The molecule has 1 saturated heterocycles. The Morgan fingerprint density at radius 3 is 2.43 bits per heavy atom. The van der Waals surface area contributed by atoms with E-state index in [1.54, 1.807) is 0 Å². The molecule has 6 heteroatoms. The number of amides is 2. The van der Waals surface area contributed by atoms with E-state index in [1.165, 1.54) is 0 Å². The maximum Gasteiger partial charge on any atom is 0.243 e. The minimum absolute atomic E-state index is 0.270. The lowest BCUT2D eigenvalue weighted by Gasteiger charge is -2.41. The van der Waals surface area contributed by atoms with Gasteiger partial charge < -0.3 is 20.1 Å². The quantitative estimate of drug-likeness (QED) is 0.721. The van der Waals surface area contributed by atoms with Crippen LogP contribution in [0.1, 0.15) is 31.1 Å². The Bertz CT molecular complexity index is 780. The number of hydrogen-bond acceptors (Lipinski definition) is 4. The molecular weight excluding hydrogens is 356 g/mol. The first-order valence-electron chi connectivity index (χ1n) is 9.39. The molecule has 3 atom stereocenters. The van der Waals surface area contributed by atoms with Crippen LogP contribution in [0.5, 0.6) is 0 Å². The number of benzene rings is 2. The van der Waals surface area contributed by atoms with Crippen molar-refractivity contribution >= 4 is 12.3 Å². The maximum absolute atomic E-state index is 12.9. The lowest BCUT2D eigenvalue weighted by molar-refractivity contribution is -0.284. The Morgan fingerprint density at radius 2 is 1.79 bits per heavy atom. The van der Waals surface area contributed by atoms with Crippen molar-refractivity contribution in [3.8, 4) is 0 Å². The summed E-state index contributed by atoms with van der Waals surface area (Å²) in [5.74, 6) is -1.01. The van der Waals surface area contributed by atoms with Gasteiger partial charge in [-0.2, -0.15) is 0 Å². The van der Waals surface area contributed by atoms with E-state index in [0.29, 0.717) is 19.4 Å². The predicted octanol–water partition coefficient (Wildman–Crippen LogP) is 2.35. The second-order valence-electron chi connectivity index (χ2n) is 7.30. The predicted molar refractivity (Wildman–Crippen MR) is 105 cm³/mol. The monoisotopic (exact) mass is 382 g/mol. The topological polar surface area (TPSA) is 76.7 Å². The fourth-order valence-electron chi connectivity index (χ4n) is 3.30. The van der Waals surface area contributed by atoms with Gasteiger partial charge in [-0.05, 0) is 25.0 Å². The lowest BCUT2D eigenvalue weighted by Crippen LogP contribution is -2.56. The average molecular weight is 382 g/mol. The molecule has 0 spiro atoms. The molecule has 3 unspecified atom stereocenters. The van der Waals surface area contributed by atoms with Crippen LogP contribution in [0, 0.1) is 0 Å². The number of carbonyl (C=O) groups is 2. The van der Waals surface area contributed by atoms with Gasteiger partial charge in [0.05, 0.1) is 12.6 Å². The van der Waals surface area contributed by atoms with Crippen molar-refractivity contribution in [1.29, 1.82) is 0 Å². The molecule has 1 fully saturated rings. The molecule has 0 aromatic heterocycles. The van der Waals surface area contributed by atoms with Crippen molar-refractivity contribution in [1.82, 2.24) is 10.6 Å². The minimum Gasteiger partial charge on any atom is -0.348 e. The number of nitrogens with one attached hydrogen (secondary N) is 2. The van der Waals surface area contributed by atoms with E-state index in [4.69, 9.17) is 9.47 Å². The molecule has 0 bridgehead atoms. The highest BCUT2D eigenvalue weighted by molar-refractivity contribution is 5.84. The maximum atomic E-state index is 12.9. The molecule has 1 aliphatic rings. The van der Waals surface area contributed by atoms with Crippen LogP contribution in [0.4, 0.5) is 0 Å². The van der Waals surface area contributed by atoms with Crippen molar-refractivity contribution < 1.29 is 19.1 Å². The summed E-state index contributed by atoms with van der Waals surface area (Å²) in [6.07, 6.45) is 0.614. The summed E-state index contributed by atoms with van der Waals surface area (Å²) in [5.41, 5.74) is 1.93. The van der Waals surface area contributed by atoms with Crippen LogP contribution in [0.15, 0.2) is 60.7 Å². The molecule has 3 rings (SSSR count). The van der Waals surface area contributed by atoms with Gasteiger partial charge in [0.15, 0.2) is 5.79 Å². The first-order valence-corrected chi connectivity index (χ1v) is 9.39. The molecule has 2 aromatic rings. The van der Waals surface area contributed by atoms with Gasteiger partial charge in [-0.25, -0.2) is 0 Å². The molecule has 0 aliphatic carbocycles. The van der Waals surface area contributed by atoms with Crippen molar-refractivity contribution in [2.24, 2.45) is 0 Å². The van der Waals surface area contributed by atoms with Crippen LogP contribution in [-0.4, -0.2) is 36.8 Å². The summed E-state index contributed by atoms with van der Waals surface area (Å²) in [6.45, 7) is 4.03. The van der Waals surface area contributed by atoms with Crippen LogP contribution >= 0.6 is 0 Å². The molecule has 0 radical (unpaired) electrons. The third-order valence-corrected chi connectivity index (χ3v) is 4.71. The van der Waals surface area contributed by atoms with E-state index in [9.17, 15) is 9.59 Å². The summed E-state index contributed by atoms with van der Waals surface area (Å²) in [7, 11) is 0. The van der Waals surface area contributed by atoms with Gasteiger partial charge in [0.2, 0.25) is 12.3 Å². The number of hydrogen-bond donors (Lipinski definition) is 2. The average Bonchev–Trinajstić information content (AvgIpc) is 2.70. The molecule has 1 heterocycles. The van der Waals surface area contributed by atoms with Gasteiger partial charge in [-0.15, -0.1) is 0 Å². The van der Waals surface area contributed by atoms with Crippen LogP contribution in [-0.2, 0) is 25.5 Å². The normalized spacial score (nSPS) is 22.1. The van der Waals surface area contributed by atoms with Gasteiger partial charge >= 0.3 is 0 Å². The number of carbonyl (C=O) groups excluding carboxylic acids is 2. The van der Waals surface area contributed by atoms with Crippen LogP contribution in [0.2, 0.25) is 0 Å². The zero-order chi connectivity index (χ0) is 20.0. The Labute approximate surface area is 165 Å². The Kier molecular flexibility index (Phi) is 6.44. The van der Waals surface area contributed by atoms with E-state index >= 15 is 0 Å². The van der Waals surface area contributed by atoms with E-state index in [2.05, 4.69) is 10.6 Å². The van der Waals surface area contributed by atoms with Crippen molar-refractivity contribution in [2.45, 2.75) is 44.2 Å². The molecule has 2 amide bonds. The second-order valence-corrected chi connectivity index (χ2v) is 7.30. The summed E-state index contributed by atoms with van der Waals surface area (Å²) in [4.78, 5) is 23.9. The van der Waals surface area contributed by atoms with Crippen LogP contribution in [0.25, 0.3) is 0 Å². The Morgan fingerprint density at radius 1 is 1.14 bits per heavy atom. The molecule has 2 aromatic carbocycles. The van der Waals surface area contributed by atoms with Crippen molar-refractivity contribution in [2.75, 3.05) is 6.61 Å². The van der Waals surface area contributed by atoms with E-state index in [-0.39, 0.29) is 18.1 Å². The number of rotatable bonds is 7. The zero-order valence-corrected chi connectivity index (χ0v) is 16.1. The standard InChI is InChI=1S/C22H26N2O4/c1-22(2)27-14-19(20(28-22)17-11-7-4-8-12-17)24-21(26)18(23-15-25)13-16-9-5-3-6-10-16/h3-12,15,18-20H,13-14H2,1-2H3,(H,23,25)(H,24,26). The van der Waals surface area contributed by atoms with Crippen LogP contribution in [0.3, 0.4) is 0 Å². The zero-order valence-electron chi connectivity index (χ0n) is 16.1. The van der Waals surface area contributed by atoms with Gasteiger partial charge in [0, 0.05) is 6.42 Å². The Hall–Kier alpha value is -2.70. The third-order valence-electron chi connectivity index (χ3n) is 4.71. The van der Waals surface area contributed by atoms with Gasteiger partial charge in [0.1, 0.15) is 12.1 Å². The SMILES string of the molecule is CC1(C)OCC(NC(=O)C(Cc2ccccc2)NC=O)C(c2ccccc2)O1. The van der Waals surface area contributed by atoms with Crippen molar-refractivity contribution in [3.05, 3.63) is 71.8 Å². The smallest absolute Gasteiger partial charge is 0.243 e. The highest BCUT2D eigenvalue weighted by Gasteiger charge is 2.38. The van der Waals surface area contributed by atoms with Crippen LogP contribution < -0.4 is 10.6 Å². The summed E-state index contributed by atoms with van der Waals surface area (Å²) >= 11 is 0. The molecule has 148 valence electrons. The Balaban J connectivity index is 1.74. The summed E-state index contributed by atoms with van der Waals surface area (Å²) in [5, 5.41) is 5.62. The molecule has 2 N–H and O–H groups in total. The lowest BCUT2D eigenvalue weighted by atomic mass is 9.99. The largest absolute Gasteiger partial charge is 0.348 e. The van der Waals surface area contributed by atoms with E-state index in [1.807, 2.05) is 74.5 Å². The molecule has 28 heavy (non-hydrogen) atoms. The fraction of sp³-hybridized carbons (Fsp3) is 0.364. The summed E-state index contributed by atoms with van der Waals surface area (Å²) in [6, 6.07) is 18.3. The summed E-state index contributed by atoms with van der Waals surface area (Å²) < 4.78 is 11.9. The van der Waals surface area contributed by atoms with E-state index in [0.717, 1.165) is 11.1 Å². The van der Waals surface area contributed by atoms with E-state index < -0.39 is 11.8 Å². The second kappa shape index (κ2) is 8.99. The van der Waals surface area contributed by atoms with Crippen molar-refractivity contribution in [3.63, 3.8) is 0 Å². The first-order chi connectivity index (χ1) is 13.5. The molecular formula is C22H26N2O4. The molecule has 0 saturated carbocycles. The van der Waals surface area contributed by atoms with Gasteiger partial charge in [-0.3, -0.25) is 9.59 Å². The first kappa shape index (κ1) is 20.0. The highest BCUT2D eigenvalue weighted by Crippen LogP contribution is 2.33.